The monoisotopic (exact) mass is 281 g/mol. The predicted octanol–water partition coefficient (Wildman–Crippen LogP) is 0.679. The summed E-state index contributed by atoms with van der Waals surface area (Å²) in [7, 11) is 0. The van der Waals surface area contributed by atoms with Gasteiger partial charge in [0.2, 0.25) is 0 Å². The number of nitriles is 2. The third-order valence-electron chi connectivity index (χ3n) is 0.0913. The summed E-state index contributed by atoms with van der Waals surface area (Å²) >= 11 is 0.574. The molecule has 6 heavy (non-hydrogen) atoms. The molecule has 0 aromatic rings. The molecule has 35 valence electrons. The molecule has 0 aromatic heterocycles. The van der Waals surface area contributed by atoms with E-state index in [0.717, 1.165) is 0 Å². The van der Waals surface area contributed by atoms with Crippen LogP contribution in [0.4, 0.5) is 0 Å². The van der Waals surface area contributed by atoms with E-state index in [-0.39, 0.29) is 22.4 Å². The van der Waals surface area contributed by atoms with Crippen molar-refractivity contribution in [1.29, 1.82) is 10.5 Å². The van der Waals surface area contributed by atoms with Crippen LogP contribution in [0.2, 0.25) is 0 Å². The Morgan fingerprint density at radius 3 is 1.50 bits per heavy atom. The Labute approximate surface area is 55.6 Å². The van der Waals surface area contributed by atoms with Gasteiger partial charge in [0.05, 0.1) is 11.8 Å². The van der Waals surface area contributed by atoms with Gasteiger partial charge in [0, 0.05) is 22.4 Å². The number of hydrogen-bond acceptors (Lipinski definition) is 3. The van der Waals surface area contributed by atoms with E-state index in [1.54, 1.807) is 10.8 Å². The molecule has 0 aromatic carbocycles. The summed E-state index contributed by atoms with van der Waals surface area (Å²) in [6, 6.07) is 0. The molecule has 0 atom stereocenters. The van der Waals surface area contributed by atoms with Crippen LogP contribution in [0.15, 0.2) is 0 Å². The van der Waals surface area contributed by atoms with Gasteiger partial charge in [-0.05, 0) is 0 Å². The molecule has 2 nitrogen and oxygen atoms in total. The number of hydrogen-bond donors (Lipinski definition) is 0. The molecule has 0 spiro atoms. The van der Waals surface area contributed by atoms with Crippen LogP contribution in [0.3, 0.4) is 0 Å². The quantitative estimate of drug-likeness (QED) is 0.484. The van der Waals surface area contributed by atoms with Gasteiger partial charge in [-0.25, -0.2) is 0 Å². The van der Waals surface area contributed by atoms with E-state index in [4.69, 9.17) is 10.5 Å². The third-order valence-corrected chi connectivity index (χ3v) is 0.274. The first kappa shape index (κ1) is 9.42. The molecule has 0 rings (SSSR count). The van der Waals surface area contributed by atoms with Crippen LogP contribution in [0.1, 0.15) is 0 Å². The van der Waals surface area contributed by atoms with Crippen LogP contribution in [-0.2, 0) is 22.4 Å². The minimum atomic E-state index is 0. The zero-order chi connectivity index (χ0) is 4.12. The van der Waals surface area contributed by atoms with Gasteiger partial charge in [0.15, 0.2) is 0 Å². The van der Waals surface area contributed by atoms with Gasteiger partial charge in [-0.3, -0.25) is 0 Å². The minimum Gasteiger partial charge on any atom is -0.184 e. The number of nitrogens with zero attached hydrogens (tertiary/aromatic N) is 2. The Bertz CT molecular complexity index is 76.7. The van der Waals surface area contributed by atoms with Crippen LogP contribution in [-0.4, -0.2) is 0 Å². The first-order chi connectivity index (χ1) is 2.41. The van der Waals surface area contributed by atoms with Crippen LogP contribution in [0, 0.1) is 21.3 Å². The third kappa shape index (κ3) is 8.95. The second kappa shape index (κ2) is 8.91. The second-order valence-corrected chi connectivity index (χ2v) is 0.854. The maximum atomic E-state index is 7.56. The van der Waals surface area contributed by atoms with E-state index in [1.165, 1.54) is 0 Å². The van der Waals surface area contributed by atoms with Crippen molar-refractivity contribution in [3.05, 3.63) is 0 Å². The molecule has 0 saturated carbocycles. The summed E-state index contributed by atoms with van der Waals surface area (Å²) in [5.41, 5.74) is 0. The zero-order valence-electron chi connectivity index (χ0n) is 2.60. The predicted molar refractivity (Wildman–Crippen MR) is 18.8 cm³/mol. The molecule has 0 aliphatic carbocycles. The largest absolute Gasteiger partial charge is 0.184 e. The van der Waals surface area contributed by atoms with Crippen LogP contribution >= 0.6 is 11.8 Å². The number of thioether (sulfide) groups is 1. The van der Waals surface area contributed by atoms with Crippen molar-refractivity contribution >= 4 is 11.8 Å². The molecule has 1 radical (unpaired) electrons. The summed E-state index contributed by atoms with van der Waals surface area (Å²) in [5.74, 6) is 0. The van der Waals surface area contributed by atoms with Crippen molar-refractivity contribution < 1.29 is 22.4 Å². The molecular weight excluding hydrogens is 281 g/mol. The average Bonchev–Trinajstić information content (AvgIpc) is 1.41. The topological polar surface area (TPSA) is 47.6 Å². The molecule has 0 N–H and O–H groups in total. The normalized spacial score (nSPS) is 3.67. The SMILES string of the molecule is N#CSC#N.[Au]. The minimum absolute atomic E-state index is 0. The number of rotatable bonds is 0. The maximum Gasteiger partial charge on any atom is 0.149 e. The van der Waals surface area contributed by atoms with Crippen LogP contribution in [0.5, 0.6) is 0 Å². The van der Waals surface area contributed by atoms with E-state index in [0.29, 0.717) is 11.8 Å². The first-order valence-corrected chi connectivity index (χ1v) is 1.67. The fourth-order valence-electron chi connectivity index (χ4n) is 0.0204. The van der Waals surface area contributed by atoms with Gasteiger partial charge in [0.1, 0.15) is 10.8 Å². The summed E-state index contributed by atoms with van der Waals surface area (Å²) in [6.45, 7) is 0. The molecule has 0 heterocycles. The summed E-state index contributed by atoms with van der Waals surface area (Å²) in [4.78, 5) is 0. The van der Waals surface area contributed by atoms with Gasteiger partial charge in [-0.2, -0.15) is 10.5 Å². The molecule has 0 aliphatic rings. The molecule has 4 heteroatoms. The van der Waals surface area contributed by atoms with Crippen LogP contribution in [0.25, 0.3) is 0 Å². The standard InChI is InChI=1S/C2N2S.Au/c3-1-5-2-4;. The van der Waals surface area contributed by atoms with E-state index in [2.05, 4.69) is 0 Å². The van der Waals surface area contributed by atoms with Crippen molar-refractivity contribution in [3.8, 4) is 10.8 Å². The molecule has 0 fully saturated rings. The zero-order valence-corrected chi connectivity index (χ0v) is 5.59. The van der Waals surface area contributed by atoms with E-state index < -0.39 is 0 Å². The fraction of sp³-hybridized carbons (Fsp3) is 0. The summed E-state index contributed by atoms with van der Waals surface area (Å²) in [5, 5.41) is 18.3. The Balaban J connectivity index is 0. The first-order valence-electron chi connectivity index (χ1n) is 0.855. The van der Waals surface area contributed by atoms with Gasteiger partial charge in [-0.15, -0.1) is 0 Å². The Morgan fingerprint density at radius 2 is 1.50 bits per heavy atom. The smallest absolute Gasteiger partial charge is 0.149 e. The van der Waals surface area contributed by atoms with Gasteiger partial charge in [0.25, 0.3) is 0 Å². The molecule has 0 aliphatic heterocycles. The number of thiocyanates is 2. The maximum absolute atomic E-state index is 7.56. The van der Waals surface area contributed by atoms with Crippen molar-refractivity contribution in [3.63, 3.8) is 0 Å². The fourth-order valence-corrected chi connectivity index (χ4v) is 0.0612. The van der Waals surface area contributed by atoms with Gasteiger partial charge in [-0.1, -0.05) is 0 Å². The van der Waals surface area contributed by atoms with Crippen molar-refractivity contribution in [2.75, 3.05) is 0 Å². The van der Waals surface area contributed by atoms with E-state index in [1.807, 2.05) is 0 Å². The van der Waals surface area contributed by atoms with Gasteiger partial charge < -0.3 is 0 Å². The van der Waals surface area contributed by atoms with Crippen molar-refractivity contribution in [1.82, 2.24) is 0 Å². The van der Waals surface area contributed by atoms with E-state index in [9.17, 15) is 0 Å². The Morgan fingerprint density at radius 1 is 1.17 bits per heavy atom. The molecular formula is C2AuN2S. The van der Waals surface area contributed by atoms with Crippen molar-refractivity contribution in [2.45, 2.75) is 0 Å². The average molecular weight is 281 g/mol. The molecule has 0 bridgehead atoms. The summed E-state index contributed by atoms with van der Waals surface area (Å²) in [6.07, 6.45) is 0. The Hall–Kier alpha value is 0.0703. The van der Waals surface area contributed by atoms with Crippen molar-refractivity contribution in [2.24, 2.45) is 0 Å². The molecule has 0 unspecified atom stereocenters. The van der Waals surface area contributed by atoms with Gasteiger partial charge >= 0.3 is 0 Å². The Kier molecular flexibility index (Phi) is 14.0. The van der Waals surface area contributed by atoms with E-state index >= 15 is 0 Å². The summed E-state index contributed by atoms with van der Waals surface area (Å²) < 4.78 is 0. The molecule has 0 saturated heterocycles. The van der Waals surface area contributed by atoms with Crippen LogP contribution < -0.4 is 0 Å². The molecule has 0 amide bonds. The second-order valence-electron chi connectivity index (χ2n) is 0.285.